The fraction of sp³-hybridized carbons (Fsp3) is 0.208. The first-order chi connectivity index (χ1) is 14.8. The van der Waals surface area contributed by atoms with Crippen LogP contribution in [-0.2, 0) is 5.41 Å². The van der Waals surface area contributed by atoms with E-state index in [2.05, 4.69) is 15.6 Å². The van der Waals surface area contributed by atoms with Gasteiger partial charge in [0.2, 0.25) is 0 Å². The molecule has 31 heavy (non-hydrogen) atoms. The smallest absolute Gasteiger partial charge is 0.255 e. The highest BCUT2D eigenvalue weighted by molar-refractivity contribution is 7.80. The quantitative estimate of drug-likeness (QED) is 0.480. The molecule has 0 saturated carbocycles. The number of amides is 1. The lowest BCUT2D eigenvalue weighted by Crippen LogP contribution is -2.41. The maximum atomic E-state index is 13.2. The van der Waals surface area contributed by atoms with Gasteiger partial charge in [-0.3, -0.25) is 9.78 Å². The highest BCUT2D eigenvalue weighted by Gasteiger charge is 2.26. The van der Waals surface area contributed by atoms with Crippen molar-refractivity contribution in [3.63, 3.8) is 0 Å². The monoisotopic (exact) mass is 436 g/mol. The molecule has 1 amide bonds. The van der Waals surface area contributed by atoms with Gasteiger partial charge in [0.25, 0.3) is 5.91 Å². The fourth-order valence-electron chi connectivity index (χ4n) is 3.06. The van der Waals surface area contributed by atoms with E-state index >= 15 is 0 Å². The second-order valence-corrected chi connectivity index (χ2v) is 8.17. The number of anilines is 1. The normalized spacial score (nSPS) is 12.1. The number of carbonyl (C=O) groups excluding carboxylic acids is 1. The largest absolute Gasteiger partial charge is 0.377 e. The van der Waals surface area contributed by atoms with E-state index in [4.69, 9.17) is 18.0 Å². The Balaban J connectivity index is 1.57. The number of nitrogens with one attached hydrogen (secondary N) is 2. The standard InChI is InChI=1S/C24H25FN4OS/c1-24(2,18-7-9-19(25)10-8-18)23(31)28-15-21(26)16-3-5-17(6-4-16)22(30)29-20-11-13-27-14-12-20/h3-14,21H,15,26H2,1-2H3,(H,28,31)(H,27,29,30). The van der Waals surface area contributed by atoms with E-state index in [1.54, 1.807) is 48.8 Å². The number of thiocarbonyl (C=S) groups is 1. The Kier molecular flexibility index (Phi) is 7.09. The molecule has 160 valence electrons. The topological polar surface area (TPSA) is 80.0 Å². The van der Waals surface area contributed by atoms with Crippen LogP contribution in [0.3, 0.4) is 0 Å². The number of pyridine rings is 1. The number of aromatic nitrogens is 1. The highest BCUT2D eigenvalue weighted by Crippen LogP contribution is 2.25. The van der Waals surface area contributed by atoms with Crippen LogP contribution in [0.1, 0.15) is 41.4 Å². The highest BCUT2D eigenvalue weighted by atomic mass is 32.1. The van der Waals surface area contributed by atoms with Crippen LogP contribution in [0.25, 0.3) is 0 Å². The molecule has 7 heteroatoms. The molecular formula is C24H25FN4OS. The van der Waals surface area contributed by atoms with Crippen LogP contribution in [0.4, 0.5) is 10.1 Å². The maximum absolute atomic E-state index is 13.2. The zero-order valence-corrected chi connectivity index (χ0v) is 18.2. The zero-order chi connectivity index (χ0) is 22.4. The number of hydrogen-bond acceptors (Lipinski definition) is 4. The van der Waals surface area contributed by atoms with Crippen molar-refractivity contribution in [3.05, 3.63) is 95.6 Å². The van der Waals surface area contributed by atoms with Crippen molar-refractivity contribution >= 4 is 28.8 Å². The first-order valence-corrected chi connectivity index (χ1v) is 10.3. The van der Waals surface area contributed by atoms with Crippen molar-refractivity contribution in [3.8, 4) is 0 Å². The van der Waals surface area contributed by atoms with E-state index in [9.17, 15) is 9.18 Å². The van der Waals surface area contributed by atoms with Crippen LogP contribution >= 0.6 is 12.2 Å². The first-order valence-electron chi connectivity index (χ1n) is 9.88. The number of carbonyl (C=O) groups is 1. The van der Waals surface area contributed by atoms with Crippen LogP contribution in [0.15, 0.2) is 73.1 Å². The zero-order valence-electron chi connectivity index (χ0n) is 17.4. The van der Waals surface area contributed by atoms with E-state index in [-0.39, 0.29) is 17.8 Å². The third-order valence-corrected chi connectivity index (χ3v) is 5.81. The molecule has 0 saturated heterocycles. The van der Waals surface area contributed by atoms with E-state index in [0.29, 0.717) is 22.8 Å². The van der Waals surface area contributed by atoms with E-state index in [0.717, 1.165) is 11.1 Å². The van der Waals surface area contributed by atoms with Crippen molar-refractivity contribution in [2.45, 2.75) is 25.3 Å². The second kappa shape index (κ2) is 9.76. The molecule has 4 N–H and O–H groups in total. The van der Waals surface area contributed by atoms with Crippen molar-refractivity contribution < 1.29 is 9.18 Å². The van der Waals surface area contributed by atoms with Gasteiger partial charge in [-0.1, -0.05) is 36.5 Å². The summed E-state index contributed by atoms with van der Waals surface area (Å²) < 4.78 is 13.2. The molecule has 1 heterocycles. The Morgan fingerprint density at radius 1 is 1.06 bits per heavy atom. The summed E-state index contributed by atoms with van der Waals surface area (Å²) in [5.41, 5.74) is 8.88. The predicted molar refractivity (Wildman–Crippen MR) is 126 cm³/mol. The third kappa shape index (κ3) is 5.71. The minimum absolute atomic E-state index is 0.202. The Hall–Kier alpha value is -3.16. The Morgan fingerprint density at radius 3 is 2.29 bits per heavy atom. The summed E-state index contributed by atoms with van der Waals surface area (Å²) >= 11 is 5.57. The van der Waals surface area contributed by atoms with Gasteiger partial charge >= 0.3 is 0 Å². The second-order valence-electron chi connectivity index (χ2n) is 7.76. The van der Waals surface area contributed by atoms with Gasteiger partial charge in [-0.05, 0) is 61.4 Å². The molecule has 5 nitrogen and oxygen atoms in total. The Labute approximate surface area is 186 Å². The van der Waals surface area contributed by atoms with E-state index in [1.165, 1.54) is 12.1 Å². The summed E-state index contributed by atoms with van der Waals surface area (Å²) in [5.74, 6) is -0.481. The maximum Gasteiger partial charge on any atom is 0.255 e. The minimum atomic E-state index is -0.461. The predicted octanol–water partition coefficient (Wildman–Crippen LogP) is 4.37. The summed E-state index contributed by atoms with van der Waals surface area (Å²) in [6.45, 7) is 4.40. The van der Waals surface area contributed by atoms with E-state index in [1.807, 2.05) is 26.0 Å². The molecule has 3 rings (SSSR count). The third-order valence-electron chi connectivity index (χ3n) is 5.16. The molecule has 1 atom stereocenters. The number of benzene rings is 2. The summed E-state index contributed by atoms with van der Waals surface area (Å²) in [4.78, 5) is 16.9. The summed E-state index contributed by atoms with van der Waals surface area (Å²) in [5, 5.41) is 6.05. The van der Waals surface area contributed by atoms with E-state index < -0.39 is 5.41 Å². The van der Waals surface area contributed by atoms with Crippen LogP contribution in [0.5, 0.6) is 0 Å². The van der Waals surface area contributed by atoms with Gasteiger partial charge < -0.3 is 16.4 Å². The summed E-state index contributed by atoms with van der Waals surface area (Å²) in [7, 11) is 0. The molecule has 0 radical (unpaired) electrons. The molecule has 0 bridgehead atoms. The molecule has 0 aliphatic carbocycles. The van der Waals surface area contributed by atoms with Gasteiger partial charge in [-0.2, -0.15) is 0 Å². The summed E-state index contributed by atoms with van der Waals surface area (Å²) in [6, 6.07) is 16.6. The number of hydrogen-bond donors (Lipinski definition) is 3. The molecule has 1 unspecified atom stereocenters. The van der Waals surface area contributed by atoms with Gasteiger partial charge in [-0.25, -0.2) is 4.39 Å². The van der Waals surface area contributed by atoms with Crippen molar-refractivity contribution in [2.75, 3.05) is 11.9 Å². The van der Waals surface area contributed by atoms with Crippen molar-refractivity contribution in [1.82, 2.24) is 10.3 Å². The van der Waals surface area contributed by atoms with Crippen LogP contribution in [0.2, 0.25) is 0 Å². The molecule has 0 aliphatic heterocycles. The number of nitrogens with zero attached hydrogens (tertiary/aromatic N) is 1. The molecule has 0 spiro atoms. The fourth-order valence-corrected chi connectivity index (χ4v) is 3.26. The SMILES string of the molecule is CC(C)(C(=S)NCC(N)c1ccc(C(=O)Nc2ccncc2)cc1)c1ccc(F)cc1. The lowest BCUT2D eigenvalue weighted by Gasteiger charge is -2.28. The minimum Gasteiger partial charge on any atom is -0.377 e. The van der Waals surface area contributed by atoms with Gasteiger partial charge in [0, 0.05) is 41.6 Å². The lowest BCUT2D eigenvalue weighted by atomic mass is 9.84. The van der Waals surface area contributed by atoms with Gasteiger partial charge in [-0.15, -0.1) is 0 Å². The first kappa shape index (κ1) is 22.5. The van der Waals surface area contributed by atoms with Crippen LogP contribution in [-0.4, -0.2) is 22.4 Å². The number of rotatable bonds is 7. The van der Waals surface area contributed by atoms with Crippen LogP contribution in [0, 0.1) is 5.82 Å². The lowest BCUT2D eigenvalue weighted by molar-refractivity contribution is 0.102. The molecule has 0 aliphatic rings. The summed E-state index contributed by atoms with van der Waals surface area (Å²) in [6.07, 6.45) is 3.24. The Bertz CT molecular complexity index is 1040. The number of nitrogens with two attached hydrogens (primary N) is 1. The van der Waals surface area contributed by atoms with Gasteiger partial charge in [0.1, 0.15) is 5.82 Å². The molecule has 2 aromatic carbocycles. The number of halogens is 1. The molecule has 1 aromatic heterocycles. The van der Waals surface area contributed by atoms with Gasteiger partial charge in [0.05, 0.1) is 4.99 Å². The molecule has 3 aromatic rings. The van der Waals surface area contributed by atoms with Crippen molar-refractivity contribution in [1.29, 1.82) is 0 Å². The average molecular weight is 437 g/mol. The Morgan fingerprint density at radius 2 is 1.68 bits per heavy atom. The average Bonchev–Trinajstić information content (AvgIpc) is 2.78. The molecular weight excluding hydrogens is 411 g/mol. The van der Waals surface area contributed by atoms with Gasteiger partial charge in [0.15, 0.2) is 0 Å². The van der Waals surface area contributed by atoms with Crippen molar-refractivity contribution in [2.24, 2.45) is 5.73 Å². The molecule has 0 fully saturated rings. The van der Waals surface area contributed by atoms with Crippen LogP contribution < -0.4 is 16.4 Å².